The standard InChI is InChI=1S/C21H22ClN3O5S/c1-4-7-29-19-15(22)8-13(9-18(19)28-3)20(27)25-21-24-16(11-31-21)17-6-5-14(30-17)10-23-12(2)26/h5-6,8-9,11H,4,7,10H2,1-3H3,(H,23,26)(H,24,25,27). The molecule has 0 fully saturated rings. The van der Waals surface area contributed by atoms with E-state index < -0.39 is 0 Å². The van der Waals surface area contributed by atoms with Gasteiger partial charge in [-0.05, 0) is 30.7 Å². The summed E-state index contributed by atoms with van der Waals surface area (Å²) in [5.74, 6) is 1.42. The van der Waals surface area contributed by atoms with Crippen molar-refractivity contribution >= 4 is 39.9 Å². The summed E-state index contributed by atoms with van der Waals surface area (Å²) >= 11 is 7.55. The van der Waals surface area contributed by atoms with Gasteiger partial charge in [-0.2, -0.15) is 0 Å². The van der Waals surface area contributed by atoms with Crippen molar-refractivity contribution in [2.45, 2.75) is 26.8 Å². The third kappa shape index (κ3) is 5.77. The molecule has 0 atom stereocenters. The molecule has 31 heavy (non-hydrogen) atoms. The summed E-state index contributed by atoms with van der Waals surface area (Å²) in [5, 5.41) is 7.88. The van der Waals surface area contributed by atoms with Gasteiger partial charge in [-0.1, -0.05) is 18.5 Å². The van der Waals surface area contributed by atoms with Gasteiger partial charge in [-0.3, -0.25) is 14.9 Å². The van der Waals surface area contributed by atoms with E-state index in [1.54, 1.807) is 23.6 Å². The van der Waals surface area contributed by atoms with Crippen molar-refractivity contribution in [1.29, 1.82) is 0 Å². The topological polar surface area (TPSA) is 103 Å². The SMILES string of the molecule is CCCOc1c(Cl)cc(C(=O)Nc2nc(-c3ccc(CNC(C)=O)o3)cs2)cc1OC. The number of carbonyl (C=O) groups excluding carboxylic acids is 2. The van der Waals surface area contributed by atoms with Gasteiger partial charge in [0.15, 0.2) is 22.4 Å². The third-order valence-corrected chi connectivity index (χ3v) is 5.13. The number of aromatic nitrogens is 1. The number of methoxy groups -OCH3 is 1. The fraction of sp³-hybridized carbons (Fsp3) is 0.286. The van der Waals surface area contributed by atoms with Crippen LogP contribution in [-0.4, -0.2) is 30.5 Å². The number of halogens is 1. The van der Waals surface area contributed by atoms with Crippen molar-refractivity contribution in [2.75, 3.05) is 19.0 Å². The predicted octanol–water partition coefficient (Wildman–Crippen LogP) is 4.74. The molecule has 0 saturated heterocycles. The quantitative estimate of drug-likeness (QED) is 0.475. The molecule has 0 spiro atoms. The molecule has 0 saturated carbocycles. The number of amides is 2. The Morgan fingerprint density at radius 2 is 2.10 bits per heavy atom. The molecular formula is C21H22ClN3O5S. The van der Waals surface area contributed by atoms with Gasteiger partial charge in [0, 0.05) is 17.9 Å². The number of hydrogen-bond donors (Lipinski definition) is 2. The van der Waals surface area contributed by atoms with Gasteiger partial charge < -0.3 is 19.2 Å². The van der Waals surface area contributed by atoms with E-state index in [-0.39, 0.29) is 11.8 Å². The Kier molecular flexibility index (Phi) is 7.54. The molecule has 0 radical (unpaired) electrons. The van der Waals surface area contributed by atoms with Crippen LogP contribution in [0.3, 0.4) is 0 Å². The number of thiazole rings is 1. The minimum absolute atomic E-state index is 0.140. The van der Waals surface area contributed by atoms with Crippen LogP contribution in [0.15, 0.2) is 34.1 Å². The Balaban J connectivity index is 1.71. The van der Waals surface area contributed by atoms with E-state index in [0.717, 1.165) is 6.42 Å². The average molecular weight is 464 g/mol. The first kappa shape index (κ1) is 22.6. The molecule has 2 aromatic heterocycles. The van der Waals surface area contributed by atoms with Gasteiger partial charge in [0.05, 0.1) is 25.3 Å². The second-order valence-electron chi connectivity index (χ2n) is 6.51. The number of nitrogens with one attached hydrogen (secondary N) is 2. The van der Waals surface area contributed by atoms with Crippen LogP contribution in [0.4, 0.5) is 5.13 Å². The van der Waals surface area contributed by atoms with Gasteiger partial charge in [-0.15, -0.1) is 11.3 Å². The van der Waals surface area contributed by atoms with Crippen molar-refractivity contribution in [1.82, 2.24) is 10.3 Å². The summed E-state index contributed by atoms with van der Waals surface area (Å²) in [6.07, 6.45) is 0.818. The summed E-state index contributed by atoms with van der Waals surface area (Å²) in [7, 11) is 1.49. The fourth-order valence-electron chi connectivity index (χ4n) is 2.63. The van der Waals surface area contributed by atoms with Crippen LogP contribution in [0.5, 0.6) is 11.5 Å². The Bertz CT molecular complexity index is 1080. The molecule has 0 aliphatic heterocycles. The molecule has 3 rings (SSSR count). The largest absolute Gasteiger partial charge is 0.493 e. The Labute approximate surface area is 188 Å². The smallest absolute Gasteiger partial charge is 0.257 e. The Morgan fingerprint density at radius 1 is 1.29 bits per heavy atom. The van der Waals surface area contributed by atoms with Crippen molar-refractivity contribution < 1.29 is 23.5 Å². The predicted molar refractivity (Wildman–Crippen MR) is 119 cm³/mol. The lowest BCUT2D eigenvalue weighted by molar-refractivity contribution is -0.119. The number of anilines is 1. The van der Waals surface area contributed by atoms with Crippen LogP contribution in [0.25, 0.3) is 11.5 Å². The van der Waals surface area contributed by atoms with E-state index in [2.05, 4.69) is 15.6 Å². The van der Waals surface area contributed by atoms with E-state index >= 15 is 0 Å². The zero-order chi connectivity index (χ0) is 22.4. The molecule has 10 heteroatoms. The zero-order valence-corrected chi connectivity index (χ0v) is 18.9. The maximum absolute atomic E-state index is 12.7. The molecule has 0 unspecified atom stereocenters. The highest BCUT2D eigenvalue weighted by molar-refractivity contribution is 7.14. The van der Waals surface area contributed by atoms with Gasteiger partial charge in [0.1, 0.15) is 11.5 Å². The van der Waals surface area contributed by atoms with Crippen LogP contribution < -0.4 is 20.1 Å². The Morgan fingerprint density at radius 3 is 2.81 bits per heavy atom. The van der Waals surface area contributed by atoms with E-state index in [4.69, 9.17) is 25.5 Å². The molecule has 0 aliphatic rings. The highest BCUT2D eigenvalue weighted by atomic mass is 35.5. The molecule has 8 nitrogen and oxygen atoms in total. The van der Waals surface area contributed by atoms with Crippen LogP contribution >= 0.6 is 22.9 Å². The number of ether oxygens (including phenoxy) is 2. The zero-order valence-electron chi connectivity index (χ0n) is 17.3. The summed E-state index contributed by atoms with van der Waals surface area (Å²) in [4.78, 5) is 28.1. The van der Waals surface area contributed by atoms with Crippen LogP contribution in [-0.2, 0) is 11.3 Å². The third-order valence-electron chi connectivity index (χ3n) is 4.09. The summed E-state index contributed by atoms with van der Waals surface area (Å²) in [6, 6.07) is 6.62. The van der Waals surface area contributed by atoms with Crippen molar-refractivity contribution in [3.63, 3.8) is 0 Å². The summed E-state index contributed by atoms with van der Waals surface area (Å²) in [6.45, 7) is 4.21. The van der Waals surface area contributed by atoms with E-state index in [9.17, 15) is 9.59 Å². The molecular weight excluding hydrogens is 442 g/mol. The number of hydrogen-bond acceptors (Lipinski definition) is 7. The summed E-state index contributed by atoms with van der Waals surface area (Å²) in [5.41, 5.74) is 0.895. The average Bonchev–Trinajstić information content (AvgIpc) is 3.40. The first-order chi connectivity index (χ1) is 14.9. The minimum Gasteiger partial charge on any atom is -0.493 e. The first-order valence-corrected chi connectivity index (χ1v) is 10.8. The molecule has 2 amide bonds. The first-order valence-electron chi connectivity index (χ1n) is 9.52. The van der Waals surface area contributed by atoms with E-state index in [0.29, 0.717) is 57.6 Å². The normalized spacial score (nSPS) is 10.6. The lowest BCUT2D eigenvalue weighted by Gasteiger charge is -2.13. The van der Waals surface area contributed by atoms with E-state index in [1.807, 2.05) is 6.92 Å². The summed E-state index contributed by atoms with van der Waals surface area (Å²) < 4.78 is 16.6. The van der Waals surface area contributed by atoms with Crippen LogP contribution in [0.1, 0.15) is 36.4 Å². The number of furan rings is 1. The van der Waals surface area contributed by atoms with Crippen molar-refractivity contribution in [2.24, 2.45) is 0 Å². The molecule has 0 bridgehead atoms. The highest BCUT2D eigenvalue weighted by Gasteiger charge is 2.17. The second-order valence-corrected chi connectivity index (χ2v) is 7.77. The maximum Gasteiger partial charge on any atom is 0.257 e. The van der Waals surface area contributed by atoms with Crippen molar-refractivity contribution in [3.8, 4) is 23.0 Å². The number of rotatable bonds is 9. The van der Waals surface area contributed by atoms with Gasteiger partial charge in [0.2, 0.25) is 5.91 Å². The molecule has 2 N–H and O–H groups in total. The molecule has 2 heterocycles. The van der Waals surface area contributed by atoms with E-state index in [1.165, 1.54) is 31.4 Å². The minimum atomic E-state index is -0.381. The van der Waals surface area contributed by atoms with Gasteiger partial charge in [-0.25, -0.2) is 4.98 Å². The lowest BCUT2D eigenvalue weighted by Crippen LogP contribution is -2.18. The van der Waals surface area contributed by atoms with Crippen molar-refractivity contribution in [3.05, 3.63) is 46.0 Å². The molecule has 1 aromatic carbocycles. The van der Waals surface area contributed by atoms with Gasteiger partial charge in [0.25, 0.3) is 5.91 Å². The molecule has 164 valence electrons. The maximum atomic E-state index is 12.7. The second kappa shape index (κ2) is 10.3. The number of benzene rings is 1. The fourth-order valence-corrected chi connectivity index (χ4v) is 3.59. The molecule has 3 aromatic rings. The Hall–Kier alpha value is -3.04. The number of nitrogens with zero attached hydrogens (tertiary/aromatic N) is 1. The highest BCUT2D eigenvalue weighted by Crippen LogP contribution is 2.37. The van der Waals surface area contributed by atoms with Gasteiger partial charge >= 0.3 is 0 Å². The van der Waals surface area contributed by atoms with Crippen LogP contribution in [0.2, 0.25) is 5.02 Å². The number of carbonyl (C=O) groups is 2. The van der Waals surface area contributed by atoms with Crippen LogP contribution in [0, 0.1) is 0 Å². The monoisotopic (exact) mass is 463 g/mol. The lowest BCUT2D eigenvalue weighted by atomic mass is 10.2. The molecule has 0 aliphatic carbocycles.